The van der Waals surface area contributed by atoms with Crippen LogP contribution in [0.1, 0.15) is 35.8 Å². The highest BCUT2D eigenvalue weighted by atomic mass is 19.4. The zero-order chi connectivity index (χ0) is 17.4. The zero-order valence-electron chi connectivity index (χ0n) is 13.7. The van der Waals surface area contributed by atoms with E-state index in [1.165, 1.54) is 18.9 Å². The molecule has 0 spiro atoms. The van der Waals surface area contributed by atoms with Crippen molar-refractivity contribution in [3.05, 3.63) is 41.4 Å². The van der Waals surface area contributed by atoms with Gasteiger partial charge in [-0.15, -0.1) is 0 Å². The lowest BCUT2D eigenvalue weighted by Crippen LogP contribution is -2.46. The van der Waals surface area contributed by atoms with Crippen molar-refractivity contribution in [2.45, 2.75) is 31.5 Å². The highest BCUT2D eigenvalue weighted by Gasteiger charge is 2.31. The lowest BCUT2D eigenvalue weighted by atomic mass is 10.2. The molecule has 0 atom stereocenters. The van der Waals surface area contributed by atoms with Crippen LogP contribution >= 0.6 is 0 Å². The number of alkyl halides is 3. The van der Waals surface area contributed by atoms with Crippen LogP contribution in [0.4, 0.5) is 19.0 Å². The summed E-state index contributed by atoms with van der Waals surface area (Å²) in [5.41, 5.74) is 0.232. The first-order chi connectivity index (χ1) is 12.0. The standard InChI is InChI=1S/C17H19F3N4O/c18-17(19,20)13-3-4-16(21-10-13)24-7-5-23(6-8-24)11-14-9-15(25-22-14)12-1-2-12/h3-4,9-10,12H,1-2,5-8,11H2. The summed E-state index contributed by atoms with van der Waals surface area (Å²) in [7, 11) is 0. The van der Waals surface area contributed by atoms with E-state index in [9.17, 15) is 13.2 Å². The minimum Gasteiger partial charge on any atom is -0.361 e. The van der Waals surface area contributed by atoms with Crippen molar-refractivity contribution in [3.8, 4) is 0 Å². The Labute approximate surface area is 143 Å². The predicted molar refractivity (Wildman–Crippen MR) is 85.2 cm³/mol. The lowest BCUT2D eigenvalue weighted by Gasteiger charge is -2.35. The minimum atomic E-state index is -4.35. The monoisotopic (exact) mass is 352 g/mol. The van der Waals surface area contributed by atoms with Gasteiger partial charge in [-0.25, -0.2) is 4.98 Å². The number of piperazine rings is 1. The van der Waals surface area contributed by atoms with Crippen molar-refractivity contribution in [3.63, 3.8) is 0 Å². The number of nitrogens with zero attached hydrogens (tertiary/aromatic N) is 4. The van der Waals surface area contributed by atoms with Crippen LogP contribution in [0.3, 0.4) is 0 Å². The fraction of sp³-hybridized carbons (Fsp3) is 0.529. The Bertz CT molecular complexity index is 716. The van der Waals surface area contributed by atoms with Gasteiger partial charge in [0.2, 0.25) is 0 Å². The summed E-state index contributed by atoms with van der Waals surface area (Å²) in [4.78, 5) is 8.25. The Hall–Kier alpha value is -2.09. The van der Waals surface area contributed by atoms with Crippen LogP contribution in [0.2, 0.25) is 0 Å². The molecule has 2 aromatic heterocycles. The summed E-state index contributed by atoms with van der Waals surface area (Å²) >= 11 is 0. The molecule has 0 radical (unpaired) electrons. The molecule has 3 heterocycles. The van der Waals surface area contributed by atoms with Crippen molar-refractivity contribution in [2.24, 2.45) is 0 Å². The number of halogens is 3. The molecule has 2 fully saturated rings. The molecule has 0 unspecified atom stereocenters. The number of pyridine rings is 1. The van der Waals surface area contributed by atoms with E-state index in [1.54, 1.807) is 0 Å². The average molecular weight is 352 g/mol. The predicted octanol–water partition coefficient (Wildman–Crippen LogP) is 3.29. The molecule has 0 bridgehead atoms. The second-order valence-corrected chi connectivity index (χ2v) is 6.66. The van der Waals surface area contributed by atoms with Crippen LogP contribution in [-0.2, 0) is 12.7 Å². The fourth-order valence-electron chi connectivity index (χ4n) is 3.07. The molecule has 0 amide bonds. The lowest BCUT2D eigenvalue weighted by molar-refractivity contribution is -0.137. The molecule has 2 aromatic rings. The Morgan fingerprint density at radius 2 is 1.88 bits per heavy atom. The minimum absolute atomic E-state index is 0.559. The molecule has 25 heavy (non-hydrogen) atoms. The number of aromatic nitrogens is 2. The Kier molecular flexibility index (Phi) is 4.15. The van der Waals surface area contributed by atoms with E-state index in [-0.39, 0.29) is 0 Å². The third-order valence-corrected chi connectivity index (χ3v) is 4.71. The van der Waals surface area contributed by atoms with Crippen LogP contribution in [0.25, 0.3) is 0 Å². The van der Waals surface area contributed by atoms with Crippen LogP contribution in [0.15, 0.2) is 28.9 Å². The SMILES string of the molecule is FC(F)(F)c1ccc(N2CCN(Cc3cc(C4CC4)on3)CC2)nc1. The van der Waals surface area contributed by atoms with Gasteiger partial charge in [0.15, 0.2) is 0 Å². The molecule has 0 aromatic carbocycles. The van der Waals surface area contributed by atoms with Gasteiger partial charge in [-0.3, -0.25) is 4.90 Å². The fourth-order valence-corrected chi connectivity index (χ4v) is 3.07. The maximum atomic E-state index is 12.6. The Morgan fingerprint density at radius 3 is 2.48 bits per heavy atom. The summed E-state index contributed by atoms with van der Waals surface area (Å²) in [6, 6.07) is 4.57. The number of anilines is 1. The number of rotatable bonds is 4. The van der Waals surface area contributed by atoms with Gasteiger partial charge < -0.3 is 9.42 Å². The van der Waals surface area contributed by atoms with E-state index in [4.69, 9.17) is 4.52 Å². The van der Waals surface area contributed by atoms with Gasteiger partial charge in [-0.2, -0.15) is 13.2 Å². The first-order valence-corrected chi connectivity index (χ1v) is 8.45. The number of hydrogen-bond donors (Lipinski definition) is 0. The molecular formula is C17H19F3N4O. The molecule has 1 aliphatic heterocycles. The molecule has 134 valence electrons. The summed E-state index contributed by atoms with van der Waals surface area (Å²) in [6.45, 7) is 3.82. The van der Waals surface area contributed by atoms with Crippen LogP contribution < -0.4 is 4.90 Å². The van der Waals surface area contributed by atoms with E-state index < -0.39 is 11.7 Å². The van der Waals surface area contributed by atoms with Crippen molar-refractivity contribution < 1.29 is 17.7 Å². The first-order valence-electron chi connectivity index (χ1n) is 8.45. The van der Waals surface area contributed by atoms with Gasteiger partial charge in [-0.1, -0.05) is 5.16 Å². The van der Waals surface area contributed by atoms with Crippen molar-refractivity contribution in [1.29, 1.82) is 0 Å². The van der Waals surface area contributed by atoms with Gasteiger partial charge in [0.1, 0.15) is 11.6 Å². The molecular weight excluding hydrogens is 333 g/mol. The smallest absolute Gasteiger partial charge is 0.361 e. The highest BCUT2D eigenvalue weighted by molar-refractivity contribution is 5.40. The van der Waals surface area contributed by atoms with Gasteiger partial charge in [-0.05, 0) is 25.0 Å². The van der Waals surface area contributed by atoms with Crippen LogP contribution in [0, 0.1) is 0 Å². The Balaban J connectivity index is 1.31. The van der Waals surface area contributed by atoms with Gasteiger partial charge in [0, 0.05) is 50.9 Å². The van der Waals surface area contributed by atoms with Crippen molar-refractivity contribution >= 4 is 5.82 Å². The second kappa shape index (κ2) is 6.33. The highest BCUT2D eigenvalue weighted by Crippen LogP contribution is 2.40. The maximum Gasteiger partial charge on any atom is 0.417 e. The topological polar surface area (TPSA) is 45.4 Å². The van der Waals surface area contributed by atoms with Crippen LogP contribution in [-0.4, -0.2) is 41.2 Å². The third-order valence-electron chi connectivity index (χ3n) is 4.71. The maximum absolute atomic E-state index is 12.6. The van der Waals surface area contributed by atoms with Crippen molar-refractivity contribution in [2.75, 3.05) is 31.1 Å². The Morgan fingerprint density at radius 1 is 1.12 bits per heavy atom. The molecule has 0 N–H and O–H groups in total. The van der Waals surface area contributed by atoms with E-state index in [0.717, 1.165) is 56.4 Å². The van der Waals surface area contributed by atoms with Gasteiger partial charge in [0.05, 0.1) is 11.3 Å². The van der Waals surface area contributed by atoms with E-state index in [2.05, 4.69) is 15.0 Å². The van der Waals surface area contributed by atoms with Crippen molar-refractivity contribution in [1.82, 2.24) is 15.0 Å². The third kappa shape index (κ3) is 3.78. The molecule has 8 heteroatoms. The van der Waals surface area contributed by atoms with E-state index >= 15 is 0 Å². The first kappa shape index (κ1) is 16.4. The average Bonchev–Trinajstić information content (AvgIpc) is 3.35. The molecule has 4 rings (SSSR count). The van der Waals surface area contributed by atoms with Gasteiger partial charge in [0.25, 0.3) is 0 Å². The van der Waals surface area contributed by atoms with Gasteiger partial charge >= 0.3 is 6.18 Å². The zero-order valence-corrected chi connectivity index (χ0v) is 13.7. The van der Waals surface area contributed by atoms with E-state index in [0.29, 0.717) is 11.7 Å². The number of hydrogen-bond acceptors (Lipinski definition) is 5. The molecule has 5 nitrogen and oxygen atoms in total. The molecule has 1 saturated carbocycles. The summed E-state index contributed by atoms with van der Waals surface area (Å²) in [5.74, 6) is 2.14. The summed E-state index contributed by atoms with van der Waals surface area (Å²) in [5, 5.41) is 4.13. The largest absolute Gasteiger partial charge is 0.417 e. The molecule has 2 aliphatic rings. The molecule has 1 saturated heterocycles. The molecule has 1 aliphatic carbocycles. The summed E-state index contributed by atoms with van der Waals surface area (Å²) in [6.07, 6.45) is -1.07. The second-order valence-electron chi connectivity index (χ2n) is 6.66. The summed E-state index contributed by atoms with van der Waals surface area (Å²) < 4.78 is 43.2. The normalized spacial score (nSPS) is 19.4. The van der Waals surface area contributed by atoms with E-state index in [1.807, 2.05) is 11.0 Å². The van der Waals surface area contributed by atoms with Crippen LogP contribution in [0.5, 0.6) is 0 Å². The quantitative estimate of drug-likeness (QED) is 0.845.